The van der Waals surface area contributed by atoms with Gasteiger partial charge in [-0.2, -0.15) is 0 Å². The highest BCUT2D eigenvalue weighted by Gasteiger charge is 2.16. The van der Waals surface area contributed by atoms with Crippen LogP contribution in [-0.4, -0.2) is 11.9 Å². The SMILES string of the molecule is CCCCC(=O)Oc1ccccc1OC(=O)C(C)CC. The molecule has 4 nitrogen and oxygen atoms in total. The first-order valence-corrected chi connectivity index (χ1v) is 7.09. The Labute approximate surface area is 120 Å². The molecule has 20 heavy (non-hydrogen) atoms. The zero-order chi connectivity index (χ0) is 15.0. The second kappa shape index (κ2) is 8.35. The highest BCUT2D eigenvalue weighted by atomic mass is 16.6. The average molecular weight is 278 g/mol. The predicted octanol–water partition coefficient (Wildman–Crippen LogP) is 3.73. The van der Waals surface area contributed by atoms with Gasteiger partial charge in [0.2, 0.25) is 0 Å². The van der Waals surface area contributed by atoms with E-state index in [0.29, 0.717) is 24.3 Å². The van der Waals surface area contributed by atoms with E-state index in [9.17, 15) is 9.59 Å². The van der Waals surface area contributed by atoms with E-state index in [0.717, 1.165) is 12.8 Å². The zero-order valence-electron chi connectivity index (χ0n) is 12.3. The molecule has 1 rings (SSSR count). The molecule has 0 aliphatic rings. The number of hydrogen-bond acceptors (Lipinski definition) is 4. The van der Waals surface area contributed by atoms with Gasteiger partial charge in [-0.1, -0.05) is 39.3 Å². The van der Waals surface area contributed by atoms with Crippen molar-refractivity contribution < 1.29 is 19.1 Å². The van der Waals surface area contributed by atoms with Crippen LogP contribution in [0, 0.1) is 5.92 Å². The maximum absolute atomic E-state index is 11.8. The molecule has 0 fully saturated rings. The minimum atomic E-state index is -0.315. The highest BCUT2D eigenvalue weighted by molar-refractivity contribution is 5.77. The number of hydrogen-bond donors (Lipinski definition) is 0. The van der Waals surface area contributed by atoms with Crippen LogP contribution in [0.5, 0.6) is 11.5 Å². The topological polar surface area (TPSA) is 52.6 Å². The Balaban J connectivity index is 2.73. The van der Waals surface area contributed by atoms with Gasteiger partial charge in [-0.05, 0) is 25.0 Å². The van der Waals surface area contributed by atoms with Crippen molar-refractivity contribution in [2.45, 2.75) is 46.5 Å². The molecule has 0 N–H and O–H groups in total. The first-order valence-electron chi connectivity index (χ1n) is 7.09. The van der Waals surface area contributed by atoms with Crippen molar-refractivity contribution in [3.8, 4) is 11.5 Å². The van der Waals surface area contributed by atoms with E-state index in [2.05, 4.69) is 0 Å². The third-order valence-electron chi connectivity index (χ3n) is 3.03. The van der Waals surface area contributed by atoms with Gasteiger partial charge in [0.15, 0.2) is 11.5 Å². The first kappa shape index (κ1) is 16.2. The Bertz CT molecular complexity index is 454. The van der Waals surface area contributed by atoms with Gasteiger partial charge >= 0.3 is 11.9 Å². The molecule has 0 aliphatic heterocycles. The molecule has 4 heteroatoms. The minimum Gasteiger partial charge on any atom is -0.423 e. The van der Waals surface area contributed by atoms with E-state index in [1.165, 1.54) is 0 Å². The monoisotopic (exact) mass is 278 g/mol. The first-order chi connectivity index (χ1) is 9.58. The van der Waals surface area contributed by atoms with Crippen molar-refractivity contribution in [2.75, 3.05) is 0 Å². The van der Waals surface area contributed by atoms with Gasteiger partial charge in [0.1, 0.15) is 0 Å². The van der Waals surface area contributed by atoms with Crippen LogP contribution >= 0.6 is 0 Å². The van der Waals surface area contributed by atoms with Crippen LogP contribution in [0.15, 0.2) is 24.3 Å². The molecule has 0 saturated carbocycles. The van der Waals surface area contributed by atoms with E-state index >= 15 is 0 Å². The summed E-state index contributed by atoms with van der Waals surface area (Å²) in [5.41, 5.74) is 0. The molecule has 1 aromatic rings. The fraction of sp³-hybridized carbons (Fsp3) is 0.500. The molecule has 0 saturated heterocycles. The van der Waals surface area contributed by atoms with Gasteiger partial charge in [-0.15, -0.1) is 0 Å². The Hall–Kier alpha value is -1.84. The third kappa shape index (κ3) is 5.03. The summed E-state index contributed by atoms with van der Waals surface area (Å²) in [4.78, 5) is 23.4. The van der Waals surface area contributed by atoms with E-state index in [-0.39, 0.29) is 17.9 Å². The number of unbranched alkanes of at least 4 members (excludes halogenated alkanes) is 1. The molecule has 1 aromatic carbocycles. The van der Waals surface area contributed by atoms with Crippen LogP contribution in [0.1, 0.15) is 46.5 Å². The minimum absolute atomic E-state index is 0.182. The van der Waals surface area contributed by atoms with E-state index in [1.807, 2.05) is 13.8 Å². The quantitative estimate of drug-likeness (QED) is 0.563. The summed E-state index contributed by atoms with van der Waals surface area (Å²) in [6.45, 7) is 5.73. The van der Waals surface area contributed by atoms with Crippen molar-refractivity contribution in [1.82, 2.24) is 0 Å². The Kier molecular flexibility index (Phi) is 6.77. The summed E-state index contributed by atoms with van der Waals surface area (Å²) in [5.74, 6) is -0.213. The number of para-hydroxylation sites is 2. The van der Waals surface area contributed by atoms with Gasteiger partial charge in [-0.25, -0.2) is 0 Å². The Morgan fingerprint density at radius 3 is 2.25 bits per heavy atom. The van der Waals surface area contributed by atoms with E-state index in [4.69, 9.17) is 9.47 Å². The van der Waals surface area contributed by atoms with Gasteiger partial charge < -0.3 is 9.47 Å². The summed E-state index contributed by atoms with van der Waals surface area (Å²) in [6.07, 6.45) is 2.79. The predicted molar refractivity (Wildman–Crippen MR) is 76.7 cm³/mol. The van der Waals surface area contributed by atoms with Crippen molar-refractivity contribution in [1.29, 1.82) is 0 Å². The third-order valence-corrected chi connectivity index (χ3v) is 3.03. The second-order valence-electron chi connectivity index (χ2n) is 4.75. The molecule has 0 aliphatic carbocycles. The molecular weight excluding hydrogens is 256 g/mol. The van der Waals surface area contributed by atoms with Gasteiger partial charge in [0.05, 0.1) is 5.92 Å². The average Bonchev–Trinajstić information content (AvgIpc) is 2.46. The van der Waals surface area contributed by atoms with Gasteiger partial charge in [-0.3, -0.25) is 9.59 Å². The van der Waals surface area contributed by atoms with Crippen molar-refractivity contribution >= 4 is 11.9 Å². The summed E-state index contributed by atoms with van der Waals surface area (Å²) in [5, 5.41) is 0. The Morgan fingerprint density at radius 1 is 1.10 bits per heavy atom. The Morgan fingerprint density at radius 2 is 1.70 bits per heavy atom. The molecular formula is C16H22O4. The molecule has 1 unspecified atom stereocenters. The summed E-state index contributed by atoms with van der Waals surface area (Å²) in [6, 6.07) is 6.73. The number of carbonyl (C=O) groups excluding carboxylic acids is 2. The van der Waals surface area contributed by atoms with Crippen LogP contribution in [0.3, 0.4) is 0 Å². The fourth-order valence-electron chi connectivity index (χ4n) is 1.49. The van der Waals surface area contributed by atoms with Gasteiger partial charge in [0, 0.05) is 6.42 Å². The molecule has 0 spiro atoms. The molecule has 0 aromatic heterocycles. The lowest BCUT2D eigenvalue weighted by molar-refractivity contribution is -0.139. The molecule has 0 heterocycles. The normalized spacial score (nSPS) is 11.8. The van der Waals surface area contributed by atoms with Crippen LogP contribution in [-0.2, 0) is 9.59 Å². The largest absolute Gasteiger partial charge is 0.423 e. The number of carbonyl (C=O) groups is 2. The molecule has 0 bridgehead atoms. The standard InChI is InChI=1S/C16H22O4/c1-4-6-11-15(17)19-13-9-7-8-10-14(13)20-16(18)12(3)5-2/h7-10,12H,4-6,11H2,1-3H3. The molecule has 0 amide bonds. The van der Waals surface area contributed by atoms with Gasteiger partial charge in [0.25, 0.3) is 0 Å². The fourth-order valence-corrected chi connectivity index (χ4v) is 1.49. The number of esters is 2. The van der Waals surface area contributed by atoms with Crippen molar-refractivity contribution in [2.24, 2.45) is 5.92 Å². The van der Waals surface area contributed by atoms with Crippen LogP contribution in [0.25, 0.3) is 0 Å². The lowest BCUT2D eigenvalue weighted by Crippen LogP contribution is -2.18. The second-order valence-corrected chi connectivity index (χ2v) is 4.75. The zero-order valence-corrected chi connectivity index (χ0v) is 12.3. The molecule has 110 valence electrons. The number of ether oxygens (including phenoxy) is 2. The highest BCUT2D eigenvalue weighted by Crippen LogP contribution is 2.28. The summed E-state index contributed by atoms with van der Waals surface area (Å²) < 4.78 is 10.5. The maximum Gasteiger partial charge on any atom is 0.314 e. The lowest BCUT2D eigenvalue weighted by atomic mass is 10.1. The maximum atomic E-state index is 11.8. The van der Waals surface area contributed by atoms with Crippen LogP contribution < -0.4 is 9.47 Å². The van der Waals surface area contributed by atoms with E-state index < -0.39 is 0 Å². The van der Waals surface area contributed by atoms with Crippen molar-refractivity contribution in [3.05, 3.63) is 24.3 Å². The molecule has 0 radical (unpaired) electrons. The van der Waals surface area contributed by atoms with Crippen LogP contribution in [0.2, 0.25) is 0 Å². The summed E-state index contributed by atoms with van der Waals surface area (Å²) in [7, 11) is 0. The molecule has 1 atom stereocenters. The number of benzene rings is 1. The van der Waals surface area contributed by atoms with E-state index in [1.54, 1.807) is 31.2 Å². The smallest absolute Gasteiger partial charge is 0.314 e. The number of rotatable bonds is 7. The lowest BCUT2D eigenvalue weighted by Gasteiger charge is -2.12. The van der Waals surface area contributed by atoms with Crippen molar-refractivity contribution in [3.63, 3.8) is 0 Å². The summed E-state index contributed by atoms with van der Waals surface area (Å²) >= 11 is 0. The van der Waals surface area contributed by atoms with Crippen LogP contribution in [0.4, 0.5) is 0 Å².